The number of nitrogens with zero attached hydrogens (tertiary/aromatic N) is 1. The maximum Gasteiger partial charge on any atom is 0.269 e. The summed E-state index contributed by atoms with van der Waals surface area (Å²) in [5, 5.41) is 13.4. The highest BCUT2D eigenvalue weighted by atomic mass is 16.6. The first kappa shape index (κ1) is 17.3. The van der Waals surface area contributed by atoms with Crippen molar-refractivity contribution in [1.82, 2.24) is 5.32 Å². The highest BCUT2D eigenvalue weighted by Crippen LogP contribution is 2.19. The van der Waals surface area contributed by atoms with Crippen LogP contribution in [0.4, 0.5) is 5.69 Å². The van der Waals surface area contributed by atoms with Crippen LogP contribution in [0.3, 0.4) is 0 Å². The van der Waals surface area contributed by atoms with E-state index in [0.717, 1.165) is 5.56 Å². The fraction of sp³-hybridized carbons (Fsp3) is 0.235. The summed E-state index contributed by atoms with van der Waals surface area (Å²) >= 11 is 0. The lowest BCUT2D eigenvalue weighted by atomic mass is 10.2. The third-order valence-electron chi connectivity index (χ3n) is 3.38. The molecule has 1 N–H and O–H groups in total. The van der Waals surface area contributed by atoms with Gasteiger partial charge in [0.05, 0.1) is 12.0 Å². The van der Waals surface area contributed by atoms with Crippen molar-refractivity contribution in [3.05, 3.63) is 64.2 Å². The number of ether oxygens (including phenoxy) is 2. The molecule has 0 radical (unpaired) electrons. The molecule has 0 saturated heterocycles. The van der Waals surface area contributed by atoms with E-state index in [1.54, 1.807) is 14.0 Å². The van der Waals surface area contributed by atoms with Gasteiger partial charge in [-0.05, 0) is 25.1 Å². The van der Waals surface area contributed by atoms with Crippen molar-refractivity contribution in [3.8, 4) is 11.5 Å². The van der Waals surface area contributed by atoms with Crippen molar-refractivity contribution in [2.75, 3.05) is 7.11 Å². The summed E-state index contributed by atoms with van der Waals surface area (Å²) in [5.74, 6) is 0.793. The molecule has 0 aromatic heterocycles. The summed E-state index contributed by atoms with van der Waals surface area (Å²) < 4.78 is 10.7. The van der Waals surface area contributed by atoms with Crippen LogP contribution in [0.2, 0.25) is 0 Å². The van der Waals surface area contributed by atoms with E-state index in [4.69, 9.17) is 9.47 Å². The minimum Gasteiger partial charge on any atom is -0.496 e. The molecule has 126 valence electrons. The number of rotatable bonds is 7. The number of amides is 1. The van der Waals surface area contributed by atoms with Gasteiger partial charge in [0.2, 0.25) is 0 Å². The van der Waals surface area contributed by atoms with E-state index in [-0.39, 0.29) is 11.6 Å². The Morgan fingerprint density at radius 1 is 1.21 bits per heavy atom. The molecule has 0 bridgehead atoms. The number of para-hydroxylation sites is 1. The second-order valence-electron chi connectivity index (χ2n) is 5.04. The zero-order chi connectivity index (χ0) is 17.5. The van der Waals surface area contributed by atoms with E-state index >= 15 is 0 Å². The first-order valence-corrected chi connectivity index (χ1v) is 7.32. The molecule has 1 unspecified atom stereocenters. The molecule has 7 nitrogen and oxygen atoms in total. The Bertz CT molecular complexity index is 715. The highest BCUT2D eigenvalue weighted by molar-refractivity contribution is 5.80. The van der Waals surface area contributed by atoms with Gasteiger partial charge in [0.25, 0.3) is 11.6 Å². The van der Waals surface area contributed by atoms with E-state index in [1.165, 1.54) is 24.3 Å². The number of nitrogens with one attached hydrogen (secondary N) is 1. The van der Waals surface area contributed by atoms with Crippen molar-refractivity contribution < 1.29 is 19.2 Å². The fourth-order valence-corrected chi connectivity index (χ4v) is 2.08. The molecule has 0 aliphatic rings. The molecule has 0 aliphatic heterocycles. The third-order valence-corrected chi connectivity index (χ3v) is 3.38. The molecule has 0 spiro atoms. The van der Waals surface area contributed by atoms with Crippen LogP contribution in [0.1, 0.15) is 12.5 Å². The van der Waals surface area contributed by atoms with E-state index in [1.807, 2.05) is 24.3 Å². The number of hydrogen-bond donors (Lipinski definition) is 1. The summed E-state index contributed by atoms with van der Waals surface area (Å²) in [6.07, 6.45) is -0.735. The normalized spacial score (nSPS) is 11.4. The smallest absolute Gasteiger partial charge is 0.269 e. The molecular formula is C17H18N2O5. The van der Waals surface area contributed by atoms with Crippen molar-refractivity contribution in [1.29, 1.82) is 0 Å². The van der Waals surface area contributed by atoms with Gasteiger partial charge in [-0.25, -0.2) is 0 Å². The fourth-order valence-electron chi connectivity index (χ4n) is 2.08. The van der Waals surface area contributed by atoms with E-state index in [2.05, 4.69) is 5.32 Å². The number of non-ortho nitro benzene ring substituents is 1. The van der Waals surface area contributed by atoms with Gasteiger partial charge in [-0.3, -0.25) is 14.9 Å². The van der Waals surface area contributed by atoms with Crippen LogP contribution < -0.4 is 14.8 Å². The predicted molar refractivity (Wildman–Crippen MR) is 88.0 cm³/mol. The minimum atomic E-state index is -0.735. The number of nitro groups is 1. The van der Waals surface area contributed by atoms with Crippen molar-refractivity contribution >= 4 is 11.6 Å². The Morgan fingerprint density at radius 2 is 1.88 bits per heavy atom. The Balaban J connectivity index is 1.91. The summed E-state index contributed by atoms with van der Waals surface area (Å²) in [7, 11) is 1.57. The summed E-state index contributed by atoms with van der Waals surface area (Å²) in [5.41, 5.74) is 0.825. The van der Waals surface area contributed by atoms with Gasteiger partial charge in [0.1, 0.15) is 11.5 Å². The number of methoxy groups -OCH3 is 1. The lowest BCUT2D eigenvalue weighted by Crippen LogP contribution is -2.35. The maximum absolute atomic E-state index is 12.1. The van der Waals surface area contributed by atoms with Crippen LogP contribution in [0.15, 0.2) is 48.5 Å². The molecule has 0 fully saturated rings. The molecule has 2 aromatic carbocycles. The van der Waals surface area contributed by atoms with Crippen molar-refractivity contribution in [2.45, 2.75) is 19.6 Å². The highest BCUT2D eigenvalue weighted by Gasteiger charge is 2.15. The Labute approximate surface area is 139 Å². The van der Waals surface area contributed by atoms with Crippen LogP contribution in [0.5, 0.6) is 11.5 Å². The van der Waals surface area contributed by atoms with Crippen LogP contribution in [-0.4, -0.2) is 24.0 Å². The largest absolute Gasteiger partial charge is 0.496 e. The van der Waals surface area contributed by atoms with Crippen LogP contribution >= 0.6 is 0 Å². The average Bonchev–Trinajstić information content (AvgIpc) is 2.60. The second-order valence-corrected chi connectivity index (χ2v) is 5.04. The monoisotopic (exact) mass is 330 g/mol. The molecular weight excluding hydrogens is 312 g/mol. The number of carbonyl (C=O) groups is 1. The van der Waals surface area contributed by atoms with Gasteiger partial charge in [0.15, 0.2) is 6.10 Å². The van der Waals surface area contributed by atoms with Crippen molar-refractivity contribution in [2.24, 2.45) is 0 Å². The van der Waals surface area contributed by atoms with Crippen LogP contribution in [0, 0.1) is 10.1 Å². The van der Waals surface area contributed by atoms with Gasteiger partial charge in [-0.2, -0.15) is 0 Å². The van der Waals surface area contributed by atoms with E-state index in [0.29, 0.717) is 18.0 Å². The van der Waals surface area contributed by atoms with E-state index < -0.39 is 11.0 Å². The van der Waals surface area contributed by atoms with Gasteiger partial charge in [-0.15, -0.1) is 0 Å². The quantitative estimate of drug-likeness (QED) is 0.622. The zero-order valence-corrected chi connectivity index (χ0v) is 13.4. The topological polar surface area (TPSA) is 90.7 Å². The number of hydrogen-bond acceptors (Lipinski definition) is 5. The van der Waals surface area contributed by atoms with Gasteiger partial charge in [0, 0.05) is 24.2 Å². The summed E-state index contributed by atoms with van der Waals surface area (Å²) in [6, 6.07) is 13.0. The number of carbonyl (C=O) groups excluding carboxylic acids is 1. The summed E-state index contributed by atoms with van der Waals surface area (Å²) in [4.78, 5) is 22.2. The SMILES string of the molecule is COc1ccccc1CNC(=O)C(C)Oc1ccc([N+](=O)[O-])cc1. The summed E-state index contributed by atoms with van der Waals surface area (Å²) in [6.45, 7) is 1.93. The van der Waals surface area contributed by atoms with Gasteiger partial charge >= 0.3 is 0 Å². The Morgan fingerprint density at radius 3 is 2.50 bits per heavy atom. The molecule has 1 amide bonds. The van der Waals surface area contributed by atoms with Gasteiger partial charge in [-0.1, -0.05) is 18.2 Å². The first-order chi connectivity index (χ1) is 11.5. The lowest BCUT2D eigenvalue weighted by molar-refractivity contribution is -0.384. The third kappa shape index (κ3) is 4.45. The molecule has 2 aromatic rings. The Hall–Kier alpha value is -3.09. The number of nitro benzene ring substituents is 1. The standard InChI is InChI=1S/C17H18N2O5/c1-12(24-15-9-7-14(8-10-15)19(21)22)17(20)18-11-13-5-3-4-6-16(13)23-2/h3-10,12H,11H2,1-2H3,(H,18,20). The predicted octanol–water partition coefficient (Wildman–Crippen LogP) is 2.69. The number of benzene rings is 2. The van der Waals surface area contributed by atoms with Gasteiger partial charge < -0.3 is 14.8 Å². The molecule has 0 saturated carbocycles. The van der Waals surface area contributed by atoms with Crippen LogP contribution in [-0.2, 0) is 11.3 Å². The second kappa shape index (κ2) is 7.96. The first-order valence-electron chi connectivity index (χ1n) is 7.32. The lowest BCUT2D eigenvalue weighted by Gasteiger charge is -2.15. The molecule has 24 heavy (non-hydrogen) atoms. The van der Waals surface area contributed by atoms with Crippen LogP contribution in [0.25, 0.3) is 0 Å². The Kier molecular flexibility index (Phi) is 5.73. The average molecular weight is 330 g/mol. The molecule has 7 heteroatoms. The van der Waals surface area contributed by atoms with E-state index in [9.17, 15) is 14.9 Å². The molecule has 0 heterocycles. The molecule has 2 rings (SSSR count). The molecule has 1 atom stereocenters. The van der Waals surface area contributed by atoms with Crippen molar-refractivity contribution in [3.63, 3.8) is 0 Å². The zero-order valence-electron chi connectivity index (χ0n) is 13.4. The maximum atomic E-state index is 12.1. The molecule has 0 aliphatic carbocycles. The minimum absolute atomic E-state index is 0.0318.